The molecule has 0 aromatic heterocycles. The van der Waals surface area contributed by atoms with Crippen molar-refractivity contribution in [2.45, 2.75) is 37.2 Å². The molecule has 5 rings (SSSR count). The Hall–Kier alpha value is -3.62. The van der Waals surface area contributed by atoms with Gasteiger partial charge in [-0.05, 0) is 59.0 Å². The first-order valence-corrected chi connectivity index (χ1v) is 10.8. The highest BCUT2D eigenvalue weighted by Crippen LogP contribution is 2.38. The van der Waals surface area contributed by atoms with Crippen molar-refractivity contribution in [1.29, 1.82) is 0 Å². The monoisotopic (exact) mass is 489 g/mol. The maximum absolute atomic E-state index is 13.3. The van der Waals surface area contributed by atoms with Gasteiger partial charge >= 0.3 is 12.4 Å². The summed E-state index contributed by atoms with van der Waals surface area (Å²) in [4.78, 5) is 17.7. The van der Waals surface area contributed by atoms with Crippen LogP contribution >= 0.6 is 0 Å². The molecule has 0 radical (unpaired) electrons. The van der Waals surface area contributed by atoms with Crippen LogP contribution in [0.4, 0.5) is 26.3 Å². The summed E-state index contributed by atoms with van der Waals surface area (Å²) in [5.41, 5.74) is -1.34. The van der Waals surface area contributed by atoms with Gasteiger partial charge in [0.1, 0.15) is 5.92 Å². The van der Waals surface area contributed by atoms with E-state index >= 15 is 0 Å². The molecule has 3 aromatic rings. The molecule has 180 valence electrons. The molecule has 9 heteroatoms. The van der Waals surface area contributed by atoms with Gasteiger partial charge in [0.25, 0.3) is 0 Å². The van der Waals surface area contributed by atoms with Gasteiger partial charge in [-0.3, -0.25) is 9.79 Å². The quantitative estimate of drug-likeness (QED) is 0.289. The van der Waals surface area contributed by atoms with Gasteiger partial charge in [0.05, 0.1) is 17.2 Å². The molecule has 1 saturated carbocycles. The molecule has 1 saturated heterocycles. The standard InChI is InChI=1S/C26H17F6NO2/c27-25(28,29)17-6-2-5-16(11-17)22-23(34)21(35-24(22)33-19-9-10-19)12-15-4-1-3-14-7-8-18(13-20(14)15)26(30,31)32/h1-8,11-13,19,22H,9-10H2. The second-order valence-electron chi connectivity index (χ2n) is 8.51. The first kappa shape index (κ1) is 23.1. The number of hydrogen-bond acceptors (Lipinski definition) is 3. The third kappa shape index (κ3) is 4.67. The third-order valence-corrected chi connectivity index (χ3v) is 5.90. The number of allylic oxidation sites excluding steroid dienone is 1. The molecule has 35 heavy (non-hydrogen) atoms. The lowest BCUT2D eigenvalue weighted by molar-refractivity contribution is -0.138. The van der Waals surface area contributed by atoms with Crippen LogP contribution in [0.25, 0.3) is 16.8 Å². The number of carbonyl (C=O) groups excluding carboxylic acids is 1. The summed E-state index contributed by atoms with van der Waals surface area (Å²) < 4.78 is 85.3. The van der Waals surface area contributed by atoms with E-state index in [-0.39, 0.29) is 28.6 Å². The SMILES string of the molecule is O=C1C(=Cc2cccc3ccc(C(F)(F)F)cc23)OC(=NC2CC2)C1c1cccc(C(F)(F)F)c1. The van der Waals surface area contributed by atoms with E-state index in [0.29, 0.717) is 10.9 Å². The molecule has 3 nitrogen and oxygen atoms in total. The number of fused-ring (bicyclic) bond motifs is 1. The van der Waals surface area contributed by atoms with E-state index < -0.39 is 35.2 Å². The minimum Gasteiger partial charge on any atom is -0.438 e. The number of carbonyl (C=O) groups is 1. The highest BCUT2D eigenvalue weighted by atomic mass is 19.4. The largest absolute Gasteiger partial charge is 0.438 e. The molecular formula is C26H17F6NO2. The zero-order valence-corrected chi connectivity index (χ0v) is 18.0. The molecule has 1 atom stereocenters. The zero-order valence-electron chi connectivity index (χ0n) is 18.0. The Morgan fingerprint density at radius 3 is 2.23 bits per heavy atom. The first-order valence-electron chi connectivity index (χ1n) is 10.8. The lowest BCUT2D eigenvalue weighted by Crippen LogP contribution is -2.15. The molecule has 2 aliphatic rings. The zero-order chi connectivity index (χ0) is 25.0. The second kappa shape index (κ2) is 8.25. The molecule has 1 aliphatic carbocycles. The number of ether oxygens (including phenoxy) is 1. The summed E-state index contributed by atoms with van der Waals surface area (Å²) >= 11 is 0. The van der Waals surface area contributed by atoms with Crippen LogP contribution in [0.1, 0.15) is 41.0 Å². The Bertz CT molecular complexity index is 1380. The van der Waals surface area contributed by atoms with E-state index in [0.717, 1.165) is 37.1 Å². The van der Waals surface area contributed by atoms with E-state index in [2.05, 4.69) is 4.99 Å². The van der Waals surface area contributed by atoms with Crippen LogP contribution in [0.5, 0.6) is 0 Å². The van der Waals surface area contributed by atoms with Crippen molar-refractivity contribution in [1.82, 2.24) is 0 Å². The summed E-state index contributed by atoms with van der Waals surface area (Å²) in [6.07, 6.45) is -6.27. The summed E-state index contributed by atoms with van der Waals surface area (Å²) in [6.45, 7) is 0. The molecule has 1 aliphatic heterocycles. The highest BCUT2D eigenvalue weighted by molar-refractivity contribution is 6.21. The van der Waals surface area contributed by atoms with Crippen LogP contribution in [0.2, 0.25) is 0 Å². The first-order chi connectivity index (χ1) is 16.5. The summed E-state index contributed by atoms with van der Waals surface area (Å²) in [5, 5.41) is 0.786. The van der Waals surface area contributed by atoms with E-state index in [9.17, 15) is 31.1 Å². The fourth-order valence-corrected chi connectivity index (χ4v) is 3.99. The van der Waals surface area contributed by atoms with E-state index in [1.54, 1.807) is 18.2 Å². The van der Waals surface area contributed by atoms with Gasteiger partial charge in [0.15, 0.2) is 5.76 Å². The Morgan fingerprint density at radius 2 is 1.54 bits per heavy atom. The van der Waals surface area contributed by atoms with Crippen LogP contribution in [0.3, 0.4) is 0 Å². The summed E-state index contributed by atoms with van der Waals surface area (Å²) in [7, 11) is 0. The van der Waals surface area contributed by atoms with E-state index in [1.165, 1.54) is 24.3 Å². The smallest absolute Gasteiger partial charge is 0.416 e. The van der Waals surface area contributed by atoms with Crippen molar-refractivity contribution >= 4 is 28.5 Å². The maximum atomic E-state index is 13.3. The predicted octanol–water partition coefficient (Wildman–Crippen LogP) is 7.16. The van der Waals surface area contributed by atoms with Gasteiger partial charge in [-0.2, -0.15) is 26.3 Å². The Morgan fingerprint density at radius 1 is 0.857 bits per heavy atom. The summed E-state index contributed by atoms with van der Waals surface area (Å²) in [6, 6.07) is 12.5. The lowest BCUT2D eigenvalue weighted by atomic mass is 9.93. The van der Waals surface area contributed by atoms with Crippen LogP contribution < -0.4 is 0 Å². The maximum Gasteiger partial charge on any atom is 0.416 e. The van der Waals surface area contributed by atoms with Crippen LogP contribution in [-0.4, -0.2) is 17.7 Å². The van der Waals surface area contributed by atoms with Crippen molar-refractivity contribution in [3.05, 3.63) is 88.7 Å². The number of nitrogens with zero attached hydrogens (tertiary/aromatic N) is 1. The summed E-state index contributed by atoms with van der Waals surface area (Å²) in [5.74, 6) is -1.95. The normalized spacial score (nSPS) is 21.2. The number of ketones is 1. The van der Waals surface area contributed by atoms with Crippen molar-refractivity contribution < 1.29 is 35.9 Å². The number of benzene rings is 3. The van der Waals surface area contributed by atoms with Crippen LogP contribution in [0, 0.1) is 0 Å². The van der Waals surface area contributed by atoms with Crippen molar-refractivity contribution in [2.75, 3.05) is 0 Å². The molecular weight excluding hydrogens is 472 g/mol. The number of aliphatic imine (C=N–C) groups is 1. The third-order valence-electron chi connectivity index (χ3n) is 5.90. The number of hydrogen-bond donors (Lipinski definition) is 0. The number of rotatable bonds is 3. The molecule has 1 unspecified atom stereocenters. The van der Waals surface area contributed by atoms with Gasteiger partial charge in [0.2, 0.25) is 11.7 Å². The molecule has 0 bridgehead atoms. The molecule has 3 aromatic carbocycles. The van der Waals surface area contributed by atoms with Crippen molar-refractivity contribution in [2.24, 2.45) is 4.99 Å². The minimum atomic E-state index is -4.59. The van der Waals surface area contributed by atoms with Gasteiger partial charge in [-0.15, -0.1) is 0 Å². The average molecular weight is 489 g/mol. The van der Waals surface area contributed by atoms with Crippen molar-refractivity contribution in [3.8, 4) is 0 Å². The number of halogens is 6. The predicted molar refractivity (Wildman–Crippen MR) is 118 cm³/mol. The van der Waals surface area contributed by atoms with Gasteiger partial charge in [0, 0.05) is 0 Å². The number of Topliss-reactive ketones (excluding diaryl/α,β-unsaturated/α-hetero) is 1. The van der Waals surface area contributed by atoms with E-state index in [4.69, 9.17) is 4.74 Å². The Balaban J connectivity index is 1.59. The molecule has 0 amide bonds. The van der Waals surface area contributed by atoms with Gasteiger partial charge < -0.3 is 4.74 Å². The average Bonchev–Trinajstić information content (AvgIpc) is 3.56. The van der Waals surface area contributed by atoms with Crippen LogP contribution in [-0.2, 0) is 21.9 Å². The number of alkyl halides is 6. The fourth-order valence-electron chi connectivity index (χ4n) is 3.99. The highest BCUT2D eigenvalue weighted by Gasteiger charge is 2.42. The Kier molecular flexibility index (Phi) is 5.45. The fraction of sp³-hybridized carbons (Fsp3) is 0.231. The van der Waals surface area contributed by atoms with Crippen LogP contribution in [0.15, 0.2) is 71.4 Å². The topological polar surface area (TPSA) is 38.7 Å². The molecule has 0 spiro atoms. The molecule has 2 fully saturated rings. The van der Waals surface area contributed by atoms with Gasteiger partial charge in [-0.1, -0.05) is 42.5 Å². The molecule has 1 heterocycles. The Labute approximate surface area is 195 Å². The second-order valence-corrected chi connectivity index (χ2v) is 8.51. The van der Waals surface area contributed by atoms with E-state index in [1.807, 2.05) is 0 Å². The molecule has 0 N–H and O–H groups in total. The van der Waals surface area contributed by atoms with Crippen molar-refractivity contribution in [3.63, 3.8) is 0 Å². The van der Waals surface area contributed by atoms with Gasteiger partial charge in [-0.25, -0.2) is 0 Å². The minimum absolute atomic E-state index is 0.000656. The lowest BCUT2D eigenvalue weighted by Gasteiger charge is -2.11.